The zero-order valence-corrected chi connectivity index (χ0v) is 14.5. The molecule has 0 atom stereocenters. The Balaban J connectivity index is 2.59. The van der Waals surface area contributed by atoms with Crippen LogP contribution in [0.15, 0.2) is 29.1 Å². The Morgan fingerprint density at radius 1 is 1.40 bits per heavy atom. The van der Waals surface area contributed by atoms with Crippen molar-refractivity contribution in [3.05, 3.63) is 46.7 Å². The first-order valence-corrected chi connectivity index (χ1v) is 7.50. The van der Waals surface area contributed by atoms with Crippen LogP contribution in [0.2, 0.25) is 0 Å². The first-order chi connectivity index (χ1) is 11.6. The molecule has 132 valence electrons. The summed E-state index contributed by atoms with van der Waals surface area (Å²) in [6.07, 6.45) is 3.14. The summed E-state index contributed by atoms with van der Waals surface area (Å²) in [7, 11) is 0. The molecule has 8 heteroatoms. The third-order valence-electron chi connectivity index (χ3n) is 3.37. The van der Waals surface area contributed by atoms with Crippen LogP contribution in [0.4, 0.5) is 8.78 Å². The van der Waals surface area contributed by atoms with Gasteiger partial charge < -0.3 is 5.32 Å². The number of nitrogens with one attached hydrogen (secondary N) is 1. The number of rotatable bonds is 5. The normalized spacial score (nSPS) is 12.2. The molecule has 0 fully saturated rings. The molecule has 1 amide bonds. The molecule has 2 aromatic rings. The zero-order chi connectivity index (χ0) is 18.8. The predicted molar refractivity (Wildman–Crippen MR) is 91.7 cm³/mol. The van der Waals surface area contributed by atoms with Gasteiger partial charge in [-0.25, -0.2) is 14.7 Å². The van der Waals surface area contributed by atoms with Crippen molar-refractivity contribution in [2.45, 2.75) is 33.6 Å². The lowest BCUT2D eigenvalue weighted by Gasteiger charge is -2.13. The van der Waals surface area contributed by atoms with Crippen molar-refractivity contribution in [1.29, 1.82) is 0 Å². The van der Waals surface area contributed by atoms with E-state index in [-0.39, 0.29) is 23.2 Å². The third-order valence-corrected chi connectivity index (χ3v) is 3.37. The highest BCUT2D eigenvalue weighted by Crippen LogP contribution is 2.27. The molecule has 0 aliphatic heterocycles. The third kappa shape index (κ3) is 4.34. The maximum atomic E-state index is 13.7. The number of nitrogens with zero attached hydrogens (tertiary/aromatic N) is 4. The van der Waals surface area contributed by atoms with Crippen LogP contribution in [0, 0.1) is 13.8 Å². The number of carbonyl (C=O) groups excluding carboxylic acids is 1. The molecule has 2 rings (SSSR count). The number of aromatic nitrogens is 3. The van der Waals surface area contributed by atoms with E-state index in [1.54, 1.807) is 32.2 Å². The average molecular weight is 347 g/mol. The minimum Gasteiger partial charge on any atom is -0.311 e. The Morgan fingerprint density at radius 2 is 2.08 bits per heavy atom. The molecule has 0 saturated carbocycles. The van der Waals surface area contributed by atoms with E-state index in [2.05, 4.69) is 27.1 Å². The molecule has 0 unspecified atom stereocenters. The van der Waals surface area contributed by atoms with Gasteiger partial charge in [0.05, 0.1) is 11.9 Å². The Labute approximate surface area is 144 Å². The minimum atomic E-state index is -3.07. The van der Waals surface area contributed by atoms with Gasteiger partial charge in [-0.05, 0) is 43.8 Å². The van der Waals surface area contributed by atoms with Crippen LogP contribution in [0.1, 0.15) is 36.4 Å². The van der Waals surface area contributed by atoms with Crippen molar-refractivity contribution < 1.29 is 13.6 Å². The Morgan fingerprint density at radius 3 is 2.64 bits per heavy atom. The summed E-state index contributed by atoms with van der Waals surface area (Å²) in [5.41, 5.74) is 1.61. The van der Waals surface area contributed by atoms with Crippen LogP contribution < -0.4 is 5.32 Å². The number of amides is 1. The SMILES string of the molecule is C=N/C(=C\c1c(C)cnn1-c1cc(C)cc(C(C)(F)F)n1)NC(C)=O. The molecule has 0 spiro atoms. The highest BCUT2D eigenvalue weighted by Gasteiger charge is 2.27. The van der Waals surface area contributed by atoms with E-state index < -0.39 is 5.92 Å². The lowest BCUT2D eigenvalue weighted by atomic mass is 10.2. The van der Waals surface area contributed by atoms with E-state index in [1.807, 2.05) is 0 Å². The quantitative estimate of drug-likeness (QED) is 0.845. The van der Waals surface area contributed by atoms with Gasteiger partial charge in [0, 0.05) is 19.9 Å². The van der Waals surface area contributed by atoms with Gasteiger partial charge >= 0.3 is 0 Å². The molecular weight excluding hydrogens is 328 g/mol. The number of hydrogen-bond acceptors (Lipinski definition) is 4. The van der Waals surface area contributed by atoms with Crippen LogP contribution in [-0.4, -0.2) is 27.4 Å². The van der Waals surface area contributed by atoms with Gasteiger partial charge in [-0.2, -0.15) is 13.9 Å². The van der Waals surface area contributed by atoms with Crippen molar-refractivity contribution in [3.8, 4) is 5.82 Å². The van der Waals surface area contributed by atoms with Gasteiger partial charge in [-0.15, -0.1) is 0 Å². The summed E-state index contributed by atoms with van der Waals surface area (Å²) in [5, 5.41) is 6.74. The highest BCUT2D eigenvalue weighted by molar-refractivity contribution is 5.76. The van der Waals surface area contributed by atoms with Crippen LogP contribution in [0.3, 0.4) is 0 Å². The van der Waals surface area contributed by atoms with Crippen molar-refractivity contribution in [2.75, 3.05) is 0 Å². The summed E-state index contributed by atoms with van der Waals surface area (Å²) in [4.78, 5) is 19.0. The molecular formula is C17H19F2N5O. The van der Waals surface area contributed by atoms with Crippen LogP contribution in [0.25, 0.3) is 11.9 Å². The van der Waals surface area contributed by atoms with E-state index in [9.17, 15) is 13.6 Å². The number of aliphatic imine (C=N–C) groups is 1. The van der Waals surface area contributed by atoms with Crippen molar-refractivity contribution >= 4 is 18.7 Å². The molecule has 0 aromatic carbocycles. The molecule has 0 aliphatic carbocycles. The Kier molecular flexibility index (Phi) is 5.10. The number of carbonyl (C=O) groups is 1. The molecule has 0 saturated heterocycles. The van der Waals surface area contributed by atoms with Gasteiger partial charge in [-0.3, -0.25) is 4.79 Å². The van der Waals surface area contributed by atoms with Crippen LogP contribution in [0.5, 0.6) is 0 Å². The second kappa shape index (κ2) is 6.92. The topological polar surface area (TPSA) is 72.2 Å². The standard InChI is InChI=1S/C17H19F2N5O/c1-10-6-14(17(4,18)19)23-16(7-10)24-13(11(2)9-21-24)8-15(20-5)22-12(3)25/h6-9H,5H2,1-4H3,(H,22,25)/b15-8+. The highest BCUT2D eigenvalue weighted by atomic mass is 19.3. The summed E-state index contributed by atoms with van der Waals surface area (Å²) in [5.74, 6) is -2.89. The second-order valence-electron chi connectivity index (χ2n) is 5.77. The fourth-order valence-corrected chi connectivity index (χ4v) is 2.21. The van der Waals surface area contributed by atoms with E-state index in [0.717, 1.165) is 12.5 Å². The molecule has 0 radical (unpaired) electrons. The molecule has 0 bridgehead atoms. The lowest BCUT2D eigenvalue weighted by molar-refractivity contribution is -0.118. The smallest absolute Gasteiger partial charge is 0.287 e. The first-order valence-electron chi connectivity index (χ1n) is 7.50. The van der Waals surface area contributed by atoms with E-state index in [0.29, 0.717) is 11.3 Å². The Bertz CT molecular complexity index is 849. The fourth-order valence-electron chi connectivity index (χ4n) is 2.21. The van der Waals surface area contributed by atoms with Gasteiger partial charge in [0.25, 0.3) is 5.92 Å². The van der Waals surface area contributed by atoms with E-state index >= 15 is 0 Å². The molecule has 6 nitrogen and oxygen atoms in total. The fraction of sp³-hybridized carbons (Fsp3) is 0.294. The largest absolute Gasteiger partial charge is 0.311 e. The number of alkyl halides is 2. The Hall–Kier alpha value is -2.90. The molecule has 1 N–H and O–H groups in total. The van der Waals surface area contributed by atoms with Crippen LogP contribution in [-0.2, 0) is 10.7 Å². The van der Waals surface area contributed by atoms with Crippen molar-refractivity contribution in [2.24, 2.45) is 4.99 Å². The summed E-state index contributed by atoms with van der Waals surface area (Å²) in [6, 6.07) is 2.99. The second-order valence-corrected chi connectivity index (χ2v) is 5.77. The maximum Gasteiger partial charge on any atom is 0.287 e. The first kappa shape index (κ1) is 18.4. The molecule has 2 heterocycles. The predicted octanol–water partition coefficient (Wildman–Crippen LogP) is 3.13. The van der Waals surface area contributed by atoms with Gasteiger partial charge in [0.15, 0.2) is 5.82 Å². The summed E-state index contributed by atoms with van der Waals surface area (Å²) < 4.78 is 28.8. The number of pyridine rings is 1. The van der Waals surface area contributed by atoms with Gasteiger partial charge in [0.1, 0.15) is 11.5 Å². The zero-order valence-electron chi connectivity index (χ0n) is 14.5. The number of hydrogen-bond donors (Lipinski definition) is 1. The lowest BCUT2D eigenvalue weighted by Crippen LogP contribution is -2.18. The number of aryl methyl sites for hydroxylation is 2. The van der Waals surface area contributed by atoms with Gasteiger partial charge in [0.2, 0.25) is 5.91 Å². The van der Waals surface area contributed by atoms with E-state index in [4.69, 9.17) is 0 Å². The molecule has 0 aliphatic rings. The maximum absolute atomic E-state index is 13.7. The number of halogens is 2. The van der Waals surface area contributed by atoms with Crippen molar-refractivity contribution in [3.63, 3.8) is 0 Å². The van der Waals surface area contributed by atoms with Crippen LogP contribution >= 0.6 is 0 Å². The molecule has 2 aromatic heterocycles. The van der Waals surface area contributed by atoms with Crippen molar-refractivity contribution in [1.82, 2.24) is 20.1 Å². The minimum absolute atomic E-state index is 0.228. The van der Waals surface area contributed by atoms with Gasteiger partial charge in [-0.1, -0.05) is 0 Å². The molecule has 25 heavy (non-hydrogen) atoms. The summed E-state index contributed by atoms with van der Waals surface area (Å²) >= 11 is 0. The average Bonchev–Trinajstić information content (AvgIpc) is 2.85. The van der Waals surface area contributed by atoms with E-state index in [1.165, 1.54) is 17.7 Å². The monoisotopic (exact) mass is 347 g/mol. The summed E-state index contributed by atoms with van der Waals surface area (Å²) in [6.45, 7) is 9.06.